The van der Waals surface area contributed by atoms with Gasteiger partial charge in [-0.25, -0.2) is 13.1 Å². The van der Waals surface area contributed by atoms with Gasteiger partial charge in [0.25, 0.3) is 0 Å². The third kappa shape index (κ3) is 4.39. The van der Waals surface area contributed by atoms with Gasteiger partial charge >= 0.3 is 0 Å². The van der Waals surface area contributed by atoms with Crippen molar-refractivity contribution in [1.82, 2.24) is 4.72 Å². The van der Waals surface area contributed by atoms with Crippen LogP contribution in [0.25, 0.3) is 0 Å². The second-order valence-electron chi connectivity index (χ2n) is 4.84. The molecule has 2 aromatic rings. The van der Waals surface area contributed by atoms with E-state index in [1.807, 2.05) is 13.0 Å². The molecule has 23 heavy (non-hydrogen) atoms. The van der Waals surface area contributed by atoms with Crippen molar-refractivity contribution in [3.05, 3.63) is 59.7 Å². The zero-order valence-corrected chi connectivity index (χ0v) is 13.2. The van der Waals surface area contributed by atoms with E-state index in [1.54, 1.807) is 36.4 Å². The molecule has 0 radical (unpaired) electrons. The maximum atomic E-state index is 12.1. The fourth-order valence-corrected chi connectivity index (χ4v) is 2.83. The van der Waals surface area contributed by atoms with E-state index >= 15 is 0 Å². The number of para-hydroxylation sites is 1. The topological polar surface area (TPSA) is 99.1 Å². The van der Waals surface area contributed by atoms with Crippen LogP contribution < -0.4 is 10.0 Å². The Hall–Kier alpha value is -2.69. The smallest absolute Gasteiger partial charge is 0.241 e. The number of amides is 1. The van der Waals surface area contributed by atoms with E-state index in [9.17, 15) is 13.2 Å². The SMILES string of the molecule is Cc1ccc(S(=O)(=O)NCC(=O)Nc2ccccc2C#N)cc1. The Bertz CT molecular complexity index is 853. The highest BCUT2D eigenvalue weighted by Gasteiger charge is 2.15. The van der Waals surface area contributed by atoms with Gasteiger partial charge in [0.05, 0.1) is 22.7 Å². The molecular formula is C16H15N3O3S. The molecule has 6 nitrogen and oxygen atoms in total. The van der Waals surface area contributed by atoms with Crippen LogP contribution in [0.5, 0.6) is 0 Å². The summed E-state index contributed by atoms with van der Waals surface area (Å²) in [6.07, 6.45) is 0. The zero-order valence-electron chi connectivity index (χ0n) is 12.4. The minimum atomic E-state index is -3.76. The molecule has 0 atom stereocenters. The highest BCUT2D eigenvalue weighted by molar-refractivity contribution is 7.89. The average molecular weight is 329 g/mol. The van der Waals surface area contributed by atoms with Gasteiger partial charge < -0.3 is 5.32 Å². The first-order valence-corrected chi connectivity index (χ1v) is 8.26. The number of nitriles is 1. The Labute approximate surface area is 134 Å². The highest BCUT2D eigenvalue weighted by atomic mass is 32.2. The molecule has 7 heteroatoms. The largest absolute Gasteiger partial charge is 0.324 e. The number of nitrogens with zero attached hydrogens (tertiary/aromatic N) is 1. The Balaban J connectivity index is 2.01. The molecule has 118 valence electrons. The third-order valence-electron chi connectivity index (χ3n) is 3.08. The predicted molar refractivity (Wildman–Crippen MR) is 86.2 cm³/mol. The first kappa shape index (κ1) is 16.7. The maximum absolute atomic E-state index is 12.1. The monoisotopic (exact) mass is 329 g/mol. The molecule has 2 N–H and O–H groups in total. The Morgan fingerprint density at radius 2 is 1.78 bits per heavy atom. The molecule has 0 aliphatic heterocycles. The summed E-state index contributed by atoms with van der Waals surface area (Å²) in [6, 6.07) is 14.7. The number of hydrogen-bond donors (Lipinski definition) is 2. The molecule has 0 fully saturated rings. The molecule has 0 unspecified atom stereocenters. The number of aryl methyl sites for hydroxylation is 1. The number of carbonyl (C=O) groups excluding carboxylic acids is 1. The van der Waals surface area contributed by atoms with Crippen LogP contribution >= 0.6 is 0 Å². The van der Waals surface area contributed by atoms with E-state index < -0.39 is 22.5 Å². The standard InChI is InChI=1S/C16H15N3O3S/c1-12-6-8-14(9-7-12)23(21,22)18-11-16(20)19-15-5-3-2-4-13(15)10-17/h2-9,18H,11H2,1H3,(H,19,20). The van der Waals surface area contributed by atoms with Crippen LogP contribution in [0.4, 0.5) is 5.69 Å². The maximum Gasteiger partial charge on any atom is 0.241 e. The predicted octanol–water partition coefficient (Wildman–Crippen LogP) is 1.78. The number of benzene rings is 2. The van der Waals surface area contributed by atoms with E-state index in [4.69, 9.17) is 5.26 Å². The van der Waals surface area contributed by atoms with E-state index in [0.29, 0.717) is 11.3 Å². The van der Waals surface area contributed by atoms with Crippen LogP contribution in [-0.4, -0.2) is 20.9 Å². The van der Waals surface area contributed by atoms with Gasteiger partial charge in [0.15, 0.2) is 0 Å². The fraction of sp³-hybridized carbons (Fsp3) is 0.125. The normalized spacial score (nSPS) is 10.8. The summed E-state index contributed by atoms with van der Waals surface area (Å²) in [7, 11) is -3.76. The summed E-state index contributed by atoms with van der Waals surface area (Å²) in [5.74, 6) is -0.552. The molecule has 0 aromatic heterocycles. The van der Waals surface area contributed by atoms with Gasteiger partial charge in [-0.15, -0.1) is 0 Å². The average Bonchev–Trinajstić information content (AvgIpc) is 2.54. The lowest BCUT2D eigenvalue weighted by molar-refractivity contribution is -0.115. The number of sulfonamides is 1. The van der Waals surface area contributed by atoms with E-state index in [-0.39, 0.29) is 4.90 Å². The van der Waals surface area contributed by atoms with Crippen LogP contribution in [-0.2, 0) is 14.8 Å². The first-order valence-electron chi connectivity index (χ1n) is 6.78. The third-order valence-corrected chi connectivity index (χ3v) is 4.49. The highest BCUT2D eigenvalue weighted by Crippen LogP contribution is 2.13. The van der Waals surface area contributed by atoms with Gasteiger partial charge in [-0.1, -0.05) is 29.8 Å². The Kier molecular flexibility index (Phi) is 5.11. The van der Waals surface area contributed by atoms with Gasteiger partial charge in [-0.2, -0.15) is 5.26 Å². The van der Waals surface area contributed by atoms with Crippen molar-refractivity contribution in [2.75, 3.05) is 11.9 Å². The van der Waals surface area contributed by atoms with Crippen molar-refractivity contribution in [2.24, 2.45) is 0 Å². The summed E-state index contributed by atoms with van der Waals surface area (Å²) in [4.78, 5) is 12.0. The zero-order chi connectivity index (χ0) is 16.9. The molecule has 0 spiro atoms. The lowest BCUT2D eigenvalue weighted by atomic mass is 10.2. The van der Waals surface area contributed by atoms with Gasteiger partial charge in [0, 0.05) is 0 Å². The second kappa shape index (κ2) is 7.05. The molecule has 0 saturated carbocycles. The van der Waals surface area contributed by atoms with Crippen LogP contribution in [0.3, 0.4) is 0 Å². The van der Waals surface area contributed by atoms with Gasteiger partial charge in [-0.3, -0.25) is 4.79 Å². The van der Waals surface area contributed by atoms with Crippen LogP contribution in [0.1, 0.15) is 11.1 Å². The van der Waals surface area contributed by atoms with Crippen molar-refractivity contribution in [1.29, 1.82) is 5.26 Å². The first-order chi connectivity index (χ1) is 10.9. The Morgan fingerprint density at radius 3 is 2.43 bits per heavy atom. The van der Waals surface area contributed by atoms with E-state index in [2.05, 4.69) is 10.0 Å². The van der Waals surface area contributed by atoms with Crippen LogP contribution in [0.15, 0.2) is 53.4 Å². The molecule has 0 heterocycles. The van der Waals surface area contributed by atoms with Crippen LogP contribution in [0, 0.1) is 18.3 Å². The van der Waals surface area contributed by atoms with E-state index in [0.717, 1.165) is 5.56 Å². The van der Waals surface area contributed by atoms with Crippen molar-refractivity contribution in [2.45, 2.75) is 11.8 Å². The molecule has 0 saturated heterocycles. The van der Waals surface area contributed by atoms with Crippen molar-refractivity contribution in [3.63, 3.8) is 0 Å². The molecule has 0 aliphatic carbocycles. The van der Waals surface area contributed by atoms with Crippen molar-refractivity contribution in [3.8, 4) is 6.07 Å². The molecule has 1 amide bonds. The molecule has 2 rings (SSSR count). The quantitative estimate of drug-likeness (QED) is 0.873. The van der Waals surface area contributed by atoms with Crippen molar-refractivity contribution >= 4 is 21.6 Å². The van der Waals surface area contributed by atoms with E-state index in [1.165, 1.54) is 12.1 Å². The van der Waals surface area contributed by atoms with Gasteiger partial charge in [0.1, 0.15) is 6.07 Å². The molecule has 0 aliphatic rings. The molecule has 2 aromatic carbocycles. The van der Waals surface area contributed by atoms with Crippen molar-refractivity contribution < 1.29 is 13.2 Å². The fourth-order valence-electron chi connectivity index (χ4n) is 1.85. The lowest BCUT2D eigenvalue weighted by Gasteiger charge is -2.09. The van der Waals surface area contributed by atoms with Gasteiger partial charge in [-0.05, 0) is 31.2 Å². The van der Waals surface area contributed by atoms with Crippen LogP contribution in [0.2, 0.25) is 0 Å². The van der Waals surface area contributed by atoms with Gasteiger partial charge in [0.2, 0.25) is 15.9 Å². The number of anilines is 1. The number of hydrogen-bond acceptors (Lipinski definition) is 4. The summed E-state index contributed by atoms with van der Waals surface area (Å²) in [5.41, 5.74) is 1.59. The summed E-state index contributed by atoms with van der Waals surface area (Å²) in [6.45, 7) is 1.43. The minimum Gasteiger partial charge on any atom is -0.324 e. The molecule has 0 bridgehead atoms. The summed E-state index contributed by atoms with van der Waals surface area (Å²) < 4.78 is 26.4. The molecular weight excluding hydrogens is 314 g/mol. The lowest BCUT2D eigenvalue weighted by Crippen LogP contribution is -2.33. The summed E-state index contributed by atoms with van der Waals surface area (Å²) in [5, 5.41) is 11.5. The number of rotatable bonds is 5. The number of nitrogens with one attached hydrogen (secondary N) is 2. The minimum absolute atomic E-state index is 0.0910. The Morgan fingerprint density at radius 1 is 1.13 bits per heavy atom. The second-order valence-corrected chi connectivity index (χ2v) is 6.61. The summed E-state index contributed by atoms with van der Waals surface area (Å²) >= 11 is 0. The number of carbonyl (C=O) groups is 1.